The summed E-state index contributed by atoms with van der Waals surface area (Å²) in [5.74, 6) is 0.807. The van der Waals surface area contributed by atoms with E-state index in [0.29, 0.717) is 18.5 Å². The lowest BCUT2D eigenvalue weighted by Gasteiger charge is -2.25. The fourth-order valence-corrected chi connectivity index (χ4v) is 3.45. The largest absolute Gasteiger partial charge is 0.497 e. The van der Waals surface area contributed by atoms with Gasteiger partial charge >= 0.3 is 0 Å². The lowest BCUT2D eigenvalue weighted by atomic mass is 10.1. The van der Waals surface area contributed by atoms with Crippen LogP contribution in [0.3, 0.4) is 0 Å². The molecule has 1 N–H and O–H groups in total. The van der Waals surface area contributed by atoms with Crippen molar-refractivity contribution in [1.29, 1.82) is 0 Å². The van der Waals surface area contributed by atoms with Crippen LogP contribution in [0.15, 0.2) is 48.5 Å². The second-order valence-corrected chi connectivity index (χ2v) is 7.16. The monoisotopic (exact) mass is 381 g/mol. The summed E-state index contributed by atoms with van der Waals surface area (Å²) in [5, 5.41) is 3.01. The molecule has 0 saturated carbocycles. The molecule has 148 valence electrons. The Hall–Kier alpha value is -2.86. The van der Waals surface area contributed by atoms with Gasteiger partial charge in [-0.15, -0.1) is 0 Å². The van der Waals surface area contributed by atoms with Crippen molar-refractivity contribution in [2.75, 3.05) is 39.2 Å². The van der Waals surface area contributed by atoms with Crippen LogP contribution in [0.1, 0.15) is 34.8 Å². The van der Waals surface area contributed by atoms with Gasteiger partial charge in [0.05, 0.1) is 13.2 Å². The normalized spacial score (nSPS) is 15.0. The van der Waals surface area contributed by atoms with Gasteiger partial charge in [-0.05, 0) is 62.5 Å². The highest BCUT2D eigenvalue weighted by atomic mass is 16.5. The fourth-order valence-electron chi connectivity index (χ4n) is 3.45. The molecule has 0 bridgehead atoms. The summed E-state index contributed by atoms with van der Waals surface area (Å²) in [7, 11) is 5.61. The van der Waals surface area contributed by atoms with E-state index in [2.05, 4.69) is 10.2 Å². The fraction of sp³-hybridized carbons (Fsp3) is 0.364. The molecule has 6 heteroatoms. The van der Waals surface area contributed by atoms with Crippen molar-refractivity contribution < 1.29 is 14.3 Å². The van der Waals surface area contributed by atoms with Gasteiger partial charge in [-0.25, -0.2) is 0 Å². The molecule has 1 heterocycles. The molecule has 28 heavy (non-hydrogen) atoms. The maximum absolute atomic E-state index is 12.6. The second-order valence-electron chi connectivity index (χ2n) is 7.16. The summed E-state index contributed by atoms with van der Waals surface area (Å²) in [6.07, 6.45) is 1.48. The number of likely N-dealkylation sites (N-methyl/N-ethyl adjacent to an activating group) is 1. The number of nitrogens with one attached hydrogen (secondary N) is 1. The number of amides is 2. The van der Waals surface area contributed by atoms with Gasteiger partial charge in [-0.3, -0.25) is 9.59 Å². The standard InChI is InChI=1S/C22H27N3O3/c1-24(2)20(17-6-4-7-19(14-17)28-3)15-23-22(27)16-9-11-18(12-10-16)25-13-5-8-21(25)26/h4,6-7,9-12,14,20H,5,8,13,15H2,1-3H3,(H,23,27)/t20-/m1/s1. The zero-order valence-corrected chi connectivity index (χ0v) is 16.6. The molecule has 0 spiro atoms. The Kier molecular flexibility index (Phi) is 6.31. The highest BCUT2D eigenvalue weighted by Crippen LogP contribution is 2.23. The van der Waals surface area contributed by atoms with E-state index in [4.69, 9.17) is 4.74 Å². The molecule has 1 atom stereocenters. The minimum atomic E-state index is -0.131. The Morgan fingerprint density at radius 3 is 2.57 bits per heavy atom. The van der Waals surface area contributed by atoms with Gasteiger partial charge in [0.25, 0.3) is 5.91 Å². The van der Waals surface area contributed by atoms with Crippen LogP contribution in [-0.4, -0.2) is 51.0 Å². The van der Waals surface area contributed by atoms with Crippen molar-refractivity contribution in [3.05, 3.63) is 59.7 Å². The predicted molar refractivity (Wildman–Crippen MR) is 110 cm³/mol. The molecule has 3 rings (SSSR count). The Bertz CT molecular complexity index is 833. The highest BCUT2D eigenvalue weighted by molar-refractivity contribution is 5.97. The summed E-state index contributed by atoms with van der Waals surface area (Å²) < 4.78 is 5.31. The first-order chi connectivity index (χ1) is 13.5. The minimum absolute atomic E-state index is 0.0283. The Balaban J connectivity index is 1.65. The van der Waals surface area contributed by atoms with Crippen LogP contribution >= 0.6 is 0 Å². The van der Waals surface area contributed by atoms with E-state index >= 15 is 0 Å². The van der Waals surface area contributed by atoms with Crippen molar-refractivity contribution in [2.24, 2.45) is 0 Å². The number of carbonyl (C=O) groups excluding carboxylic acids is 2. The molecule has 1 aliphatic heterocycles. The van der Waals surface area contributed by atoms with Gasteiger partial charge in [-0.2, -0.15) is 0 Å². The minimum Gasteiger partial charge on any atom is -0.497 e. The quantitative estimate of drug-likeness (QED) is 0.801. The van der Waals surface area contributed by atoms with E-state index in [1.165, 1.54) is 0 Å². The van der Waals surface area contributed by atoms with Gasteiger partial charge in [0.1, 0.15) is 5.75 Å². The van der Waals surface area contributed by atoms with Crippen LogP contribution in [0.25, 0.3) is 0 Å². The molecule has 0 unspecified atom stereocenters. The molecule has 2 aromatic rings. The van der Waals surface area contributed by atoms with Crippen LogP contribution in [-0.2, 0) is 4.79 Å². The SMILES string of the molecule is COc1cccc([C@@H](CNC(=O)c2ccc(N3CCCC3=O)cc2)N(C)C)c1. The summed E-state index contributed by atoms with van der Waals surface area (Å²) >= 11 is 0. The first-order valence-electron chi connectivity index (χ1n) is 9.48. The first-order valence-corrected chi connectivity index (χ1v) is 9.48. The number of hydrogen-bond donors (Lipinski definition) is 1. The Morgan fingerprint density at radius 2 is 1.96 bits per heavy atom. The van der Waals surface area contributed by atoms with Crippen LogP contribution in [0.2, 0.25) is 0 Å². The molecule has 0 aromatic heterocycles. The van der Waals surface area contributed by atoms with E-state index in [1.807, 2.05) is 50.5 Å². The van der Waals surface area contributed by atoms with Crippen molar-refractivity contribution in [1.82, 2.24) is 10.2 Å². The average Bonchev–Trinajstić information content (AvgIpc) is 3.14. The molecule has 6 nitrogen and oxygen atoms in total. The number of ether oxygens (including phenoxy) is 1. The van der Waals surface area contributed by atoms with E-state index in [-0.39, 0.29) is 17.9 Å². The molecule has 0 aliphatic carbocycles. The number of nitrogens with zero attached hydrogens (tertiary/aromatic N) is 2. The molecular formula is C22H27N3O3. The number of carbonyl (C=O) groups is 2. The van der Waals surface area contributed by atoms with Crippen molar-refractivity contribution >= 4 is 17.5 Å². The highest BCUT2D eigenvalue weighted by Gasteiger charge is 2.22. The summed E-state index contributed by atoms with van der Waals surface area (Å²) in [6, 6.07) is 15.1. The first kappa shape index (κ1) is 19.9. The third-order valence-electron chi connectivity index (χ3n) is 5.07. The third kappa shape index (κ3) is 4.51. The number of benzene rings is 2. The average molecular weight is 381 g/mol. The number of anilines is 1. The van der Waals surface area contributed by atoms with Crippen molar-refractivity contribution in [3.8, 4) is 5.75 Å². The summed E-state index contributed by atoms with van der Waals surface area (Å²) in [4.78, 5) is 28.3. The number of rotatable bonds is 7. The Labute approximate surface area is 166 Å². The maximum Gasteiger partial charge on any atom is 0.251 e. The lowest BCUT2D eigenvalue weighted by molar-refractivity contribution is -0.117. The predicted octanol–water partition coefficient (Wildman–Crippen LogP) is 2.85. The summed E-state index contributed by atoms with van der Waals surface area (Å²) in [6.45, 7) is 1.22. The third-order valence-corrected chi connectivity index (χ3v) is 5.07. The van der Waals surface area contributed by atoms with Gasteiger partial charge in [0.15, 0.2) is 0 Å². The maximum atomic E-state index is 12.6. The smallest absolute Gasteiger partial charge is 0.251 e. The Morgan fingerprint density at radius 1 is 1.21 bits per heavy atom. The lowest BCUT2D eigenvalue weighted by Crippen LogP contribution is -2.34. The summed E-state index contributed by atoms with van der Waals surface area (Å²) in [5.41, 5.74) is 2.51. The second kappa shape index (κ2) is 8.89. The van der Waals surface area contributed by atoms with Gasteiger partial charge < -0.3 is 19.9 Å². The van der Waals surface area contributed by atoms with Gasteiger partial charge in [0, 0.05) is 30.8 Å². The molecule has 1 fully saturated rings. The van der Waals surface area contributed by atoms with Crippen LogP contribution < -0.4 is 15.0 Å². The van der Waals surface area contributed by atoms with Crippen molar-refractivity contribution in [3.63, 3.8) is 0 Å². The molecule has 2 amide bonds. The molecule has 1 saturated heterocycles. The van der Waals surface area contributed by atoms with Gasteiger partial charge in [-0.1, -0.05) is 12.1 Å². The van der Waals surface area contributed by atoms with E-state index in [9.17, 15) is 9.59 Å². The zero-order chi connectivity index (χ0) is 20.1. The number of hydrogen-bond acceptors (Lipinski definition) is 4. The molecule has 0 radical (unpaired) electrons. The van der Waals surface area contributed by atoms with E-state index in [1.54, 1.807) is 24.1 Å². The number of methoxy groups -OCH3 is 1. The van der Waals surface area contributed by atoms with Crippen LogP contribution in [0.4, 0.5) is 5.69 Å². The van der Waals surface area contributed by atoms with Crippen LogP contribution in [0.5, 0.6) is 5.75 Å². The van der Waals surface area contributed by atoms with Gasteiger partial charge in [0.2, 0.25) is 5.91 Å². The molecular weight excluding hydrogens is 354 g/mol. The molecule has 2 aromatic carbocycles. The van der Waals surface area contributed by atoms with Crippen LogP contribution in [0, 0.1) is 0 Å². The topological polar surface area (TPSA) is 61.9 Å². The van der Waals surface area contributed by atoms with E-state index in [0.717, 1.165) is 30.0 Å². The van der Waals surface area contributed by atoms with Crippen molar-refractivity contribution in [2.45, 2.75) is 18.9 Å². The zero-order valence-electron chi connectivity index (χ0n) is 16.6. The molecule has 1 aliphatic rings. The van der Waals surface area contributed by atoms with E-state index < -0.39 is 0 Å².